The summed E-state index contributed by atoms with van der Waals surface area (Å²) in [5.41, 5.74) is 7.96. The Hall–Kier alpha value is -6.59. The molecule has 0 N–H and O–H groups in total. The second-order valence-corrected chi connectivity index (χ2v) is 11.9. The molecule has 0 spiro atoms. The van der Waals surface area contributed by atoms with Crippen molar-refractivity contribution in [3.63, 3.8) is 0 Å². The third kappa shape index (κ3) is 4.08. The van der Waals surface area contributed by atoms with E-state index in [9.17, 15) is 0 Å². The van der Waals surface area contributed by atoms with Crippen molar-refractivity contribution in [2.45, 2.75) is 0 Å². The van der Waals surface area contributed by atoms with Crippen LogP contribution in [-0.4, -0.2) is 15.0 Å². The van der Waals surface area contributed by atoms with Gasteiger partial charge in [0.05, 0.1) is 5.56 Å². The number of rotatable bonds is 4. The Morgan fingerprint density at radius 3 is 1.81 bits per heavy atom. The molecule has 7 aromatic carbocycles. The quantitative estimate of drug-likeness (QED) is 0.197. The molecule has 0 aliphatic carbocycles. The van der Waals surface area contributed by atoms with Crippen LogP contribution in [0.5, 0.6) is 0 Å². The fourth-order valence-electron chi connectivity index (χ4n) is 6.96. The van der Waals surface area contributed by atoms with Crippen LogP contribution in [0.4, 0.5) is 0 Å². The van der Waals surface area contributed by atoms with E-state index in [-0.39, 0.29) is 0 Å². The van der Waals surface area contributed by atoms with Gasteiger partial charge < -0.3 is 8.83 Å². The second-order valence-electron chi connectivity index (χ2n) is 11.9. The van der Waals surface area contributed by atoms with E-state index in [1.165, 1.54) is 0 Å². The number of fused-ring (bicyclic) bond motifs is 7. The molecule has 0 aliphatic heterocycles. The summed E-state index contributed by atoms with van der Waals surface area (Å²) >= 11 is 0. The summed E-state index contributed by atoms with van der Waals surface area (Å²) in [6.45, 7) is 0. The van der Waals surface area contributed by atoms with Gasteiger partial charge >= 0.3 is 0 Å². The highest BCUT2D eigenvalue weighted by atomic mass is 16.3. The number of aromatic nitrogens is 3. The van der Waals surface area contributed by atoms with Crippen molar-refractivity contribution in [1.82, 2.24) is 15.0 Å². The van der Waals surface area contributed by atoms with Crippen LogP contribution in [0.1, 0.15) is 0 Å². The fraction of sp³-hybridized carbons (Fsp3) is 0. The maximum atomic E-state index is 6.92. The summed E-state index contributed by atoms with van der Waals surface area (Å²) in [5.74, 6) is 1.70. The van der Waals surface area contributed by atoms with E-state index in [0.717, 1.165) is 82.5 Å². The van der Waals surface area contributed by atoms with Gasteiger partial charge in [-0.2, -0.15) is 0 Å². The van der Waals surface area contributed by atoms with Gasteiger partial charge in [0.15, 0.2) is 17.5 Å². The maximum absolute atomic E-state index is 6.92. The van der Waals surface area contributed by atoms with Crippen LogP contribution in [0.3, 0.4) is 0 Å². The highest BCUT2D eigenvalue weighted by Gasteiger charge is 2.22. The van der Waals surface area contributed by atoms with Crippen molar-refractivity contribution < 1.29 is 8.83 Å². The topological polar surface area (TPSA) is 65.0 Å². The van der Waals surface area contributed by atoms with Gasteiger partial charge in [-0.1, -0.05) is 127 Å². The Kier molecular flexibility index (Phi) is 5.81. The van der Waals surface area contributed by atoms with Crippen LogP contribution in [0.2, 0.25) is 0 Å². The summed E-state index contributed by atoms with van der Waals surface area (Å²) in [7, 11) is 0. The molecule has 0 fully saturated rings. The predicted octanol–water partition coefficient (Wildman–Crippen LogP) is 11.5. The van der Waals surface area contributed by atoms with Gasteiger partial charge in [-0.05, 0) is 40.6 Å². The van der Waals surface area contributed by atoms with E-state index in [4.69, 9.17) is 23.8 Å². The average Bonchev–Trinajstić information content (AvgIpc) is 3.73. The van der Waals surface area contributed by atoms with E-state index < -0.39 is 0 Å². The Balaban J connectivity index is 1.27. The molecule has 0 saturated carbocycles. The van der Waals surface area contributed by atoms with Crippen LogP contribution in [-0.2, 0) is 0 Å². The highest BCUT2D eigenvalue weighted by molar-refractivity contribution is 6.20. The standard InChI is InChI=1S/C43H25N3O2/c1-3-13-26(14-4-1)37-29-18-8-7-17-28(29)25-34-30-20-11-22-33(39(30)48-40(34)37)43-45-41(27-15-5-2-6-16-27)44-42(46-43)32-21-12-24-36-38(32)31-19-9-10-23-35(31)47-36/h1-25H. The summed E-state index contributed by atoms with van der Waals surface area (Å²) in [4.78, 5) is 15.3. The van der Waals surface area contributed by atoms with E-state index in [0.29, 0.717) is 17.5 Å². The SMILES string of the molecule is c1ccc(-c2nc(-c3cccc4c3oc3c(-c5ccccc5)c5ccccc5cc34)nc(-c3cccc4oc5ccccc5c34)n2)cc1. The molecular formula is C43H25N3O2. The number of nitrogens with zero attached hydrogens (tertiary/aromatic N) is 3. The Morgan fingerprint density at radius 1 is 0.375 bits per heavy atom. The largest absolute Gasteiger partial charge is 0.456 e. The second kappa shape index (κ2) is 10.5. The average molecular weight is 616 g/mol. The van der Waals surface area contributed by atoms with Crippen molar-refractivity contribution in [2.24, 2.45) is 0 Å². The van der Waals surface area contributed by atoms with Gasteiger partial charge in [-0.15, -0.1) is 0 Å². The number of benzene rings is 7. The Bertz CT molecular complexity index is 2840. The van der Waals surface area contributed by atoms with Crippen molar-refractivity contribution in [3.8, 4) is 45.3 Å². The van der Waals surface area contributed by atoms with Crippen LogP contribution >= 0.6 is 0 Å². The van der Waals surface area contributed by atoms with Crippen molar-refractivity contribution in [2.75, 3.05) is 0 Å². The molecule has 5 heteroatoms. The number of hydrogen-bond acceptors (Lipinski definition) is 5. The number of furan rings is 2. The molecule has 0 saturated heterocycles. The first-order valence-corrected chi connectivity index (χ1v) is 15.9. The molecule has 5 nitrogen and oxygen atoms in total. The molecule has 10 rings (SSSR count). The minimum Gasteiger partial charge on any atom is -0.456 e. The first-order valence-electron chi connectivity index (χ1n) is 15.9. The lowest BCUT2D eigenvalue weighted by molar-refractivity contribution is 0.669. The molecule has 3 heterocycles. The maximum Gasteiger partial charge on any atom is 0.167 e. The van der Waals surface area contributed by atoms with Gasteiger partial charge in [0.1, 0.15) is 22.3 Å². The van der Waals surface area contributed by atoms with Crippen LogP contribution in [0, 0.1) is 0 Å². The van der Waals surface area contributed by atoms with Gasteiger partial charge in [0.2, 0.25) is 0 Å². The monoisotopic (exact) mass is 615 g/mol. The zero-order valence-corrected chi connectivity index (χ0v) is 25.6. The molecule has 0 atom stereocenters. The molecule has 48 heavy (non-hydrogen) atoms. The molecule has 0 radical (unpaired) electrons. The zero-order chi connectivity index (χ0) is 31.6. The smallest absolute Gasteiger partial charge is 0.167 e. The first-order chi connectivity index (χ1) is 23.8. The van der Waals surface area contributed by atoms with Gasteiger partial charge in [0, 0.05) is 38.2 Å². The normalized spacial score (nSPS) is 11.8. The number of hydrogen-bond donors (Lipinski definition) is 0. The van der Waals surface area contributed by atoms with Crippen molar-refractivity contribution in [1.29, 1.82) is 0 Å². The third-order valence-corrected chi connectivity index (χ3v) is 9.13. The number of para-hydroxylation sites is 2. The first kappa shape index (κ1) is 26.6. The molecule has 0 unspecified atom stereocenters. The molecule has 0 amide bonds. The lowest BCUT2D eigenvalue weighted by Gasteiger charge is -2.09. The molecule has 0 aliphatic rings. The van der Waals surface area contributed by atoms with Gasteiger partial charge in [-0.25, -0.2) is 15.0 Å². The molecule has 0 bridgehead atoms. The molecule has 224 valence electrons. The molecule has 10 aromatic rings. The summed E-state index contributed by atoms with van der Waals surface area (Å²) in [5, 5.41) is 6.36. The van der Waals surface area contributed by atoms with Crippen molar-refractivity contribution in [3.05, 3.63) is 152 Å². The van der Waals surface area contributed by atoms with Crippen LogP contribution in [0.25, 0.3) is 99.9 Å². The third-order valence-electron chi connectivity index (χ3n) is 9.13. The van der Waals surface area contributed by atoms with E-state index in [2.05, 4.69) is 78.9 Å². The van der Waals surface area contributed by atoms with E-state index in [1.54, 1.807) is 0 Å². The summed E-state index contributed by atoms with van der Waals surface area (Å²) < 4.78 is 13.2. The van der Waals surface area contributed by atoms with E-state index in [1.807, 2.05) is 72.8 Å². The Morgan fingerprint density at radius 2 is 0.979 bits per heavy atom. The fourth-order valence-corrected chi connectivity index (χ4v) is 6.96. The van der Waals surface area contributed by atoms with Crippen LogP contribution in [0.15, 0.2) is 160 Å². The van der Waals surface area contributed by atoms with E-state index >= 15 is 0 Å². The summed E-state index contributed by atoms with van der Waals surface area (Å²) in [6.07, 6.45) is 0. The van der Waals surface area contributed by atoms with Crippen molar-refractivity contribution >= 4 is 54.6 Å². The van der Waals surface area contributed by atoms with Crippen LogP contribution < -0.4 is 0 Å². The van der Waals surface area contributed by atoms with Gasteiger partial charge in [0.25, 0.3) is 0 Å². The molecule has 3 aromatic heterocycles. The molecular weight excluding hydrogens is 590 g/mol. The zero-order valence-electron chi connectivity index (χ0n) is 25.6. The lowest BCUT2D eigenvalue weighted by Crippen LogP contribution is -2.00. The Labute approximate surface area is 274 Å². The minimum atomic E-state index is 0.541. The minimum absolute atomic E-state index is 0.541. The predicted molar refractivity (Wildman–Crippen MR) is 194 cm³/mol. The summed E-state index contributed by atoms with van der Waals surface area (Å²) in [6, 6.07) is 51.5. The highest BCUT2D eigenvalue weighted by Crippen LogP contribution is 2.43. The van der Waals surface area contributed by atoms with Gasteiger partial charge in [-0.3, -0.25) is 0 Å². The lowest BCUT2D eigenvalue weighted by atomic mass is 9.95.